The van der Waals surface area contributed by atoms with Crippen LogP contribution < -0.4 is 5.32 Å². The molecule has 0 aliphatic carbocycles. The first-order valence-corrected chi connectivity index (χ1v) is 7.49. The molecule has 0 bridgehead atoms. The van der Waals surface area contributed by atoms with Gasteiger partial charge in [0.1, 0.15) is 5.82 Å². The minimum atomic E-state index is -0.342. The molecule has 0 atom stereocenters. The standard InChI is InChI=1S/C14H17BrFN3O/c1-2-8-17-9-4-7-12-18-19-14(20-12)10-5-3-6-11(16)13(10)15/h3,5-6,17H,2,4,7-9H2,1H3. The first-order valence-electron chi connectivity index (χ1n) is 6.70. The highest BCUT2D eigenvalue weighted by atomic mass is 79.9. The monoisotopic (exact) mass is 341 g/mol. The molecule has 0 amide bonds. The Hall–Kier alpha value is -1.27. The highest BCUT2D eigenvalue weighted by Crippen LogP contribution is 2.29. The molecule has 0 aliphatic heterocycles. The van der Waals surface area contributed by atoms with Crippen LogP contribution in [0.25, 0.3) is 11.5 Å². The fraction of sp³-hybridized carbons (Fsp3) is 0.429. The van der Waals surface area contributed by atoms with Crippen molar-refractivity contribution in [2.24, 2.45) is 0 Å². The van der Waals surface area contributed by atoms with Gasteiger partial charge in [0, 0.05) is 6.42 Å². The van der Waals surface area contributed by atoms with Crippen LogP contribution in [0.4, 0.5) is 4.39 Å². The van der Waals surface area contributed by atoms with Crippen LogP contribution in [-0.2, 0) is 6.42 Å². The SMILES string of the molecule is CCCNCCCc1nnc(-c2cccc(F)c2Br)o1. The molecule has 1 N–H and O–H groups in total. The number of nitrogens with zero attached hydrogens (tertiary/aromatic N) is 2. The summed E-state index contributed by atoms with van der Waals surface area (Å²) in [6.07, 6.45) is 2.78. The average molecular weight is 342 g/mol. The molecule has 0 spiro atoms. The number of hydrogen-bond acceptors (Lipinski definition) is 4. The van der Waals surface area contributed by atoms with E-state index in [9.17, 15) is 4.39 Å². The highest BCUT2D eigenvalue weighted by Gasteiger charge is 2.13. The maximum absolute atomic E-state index is 13.4. The van der Waals surface area contributed by atoms with Gasteiger partial charge in [-0.05, 0) is 54.0 Å². The molecule has 6 heteroatoms. The summed E-state index contributed by atoms with van der Waals surface area (Å²) in [5.41, 5.74) is 0.577. The van der Waals surface area contributed by atoms with Crippen molar-refractivity contribution in [1.82, 2.24) is 15.5 Å². The Balaban J connectivity index is 1.97. The fourth-order valence-corrected chi connectivity index (χ4v) is 2.23. The fourth-order valence-electron chi connectivity index (χ4n) is 1.80. The minimum absolute atomic E-state index is 0.341. The van der Waals surface area contributed by atoms with E-state index in [0.717, 1.165) is 32.4 Å². The molecule has 0 aliphatic rings. The maximum Gasteiger partial charge on any atom is 0.248 e. The van der Waals surface area contributed by atoms with Crippen LogP contribution >= 0.6 is 15.9 Å². The van der Waals surface area contributed by atoms with E-state index in [-0.39, 0.29) is 5.82 Å². The third-order valence-corrected chi connectivity index (χ3v) is 3.63. The minimum Gasteiger partial charge on any atom is -0.421 e. The van der Waals surface area contributed by atoms with Crippen molar-refractivity contribution in [3.63, 3.8) is 0 Å². The van der Waals surface area contributed by atoms with E-state index >= 15 is 0 Å². The second kappa shape index (κ2) is 7.50. The van der Waals surface area contributed by atoms with Crippen molar-refractivity contribution in [2.45, 2.75) is 26.2 Å². The van der Waals surface area contributed by atoms with E-state index in [1.54, 1.807) is 12.1 Å². The molecule has 108 valence electrons. The quantitative estimate of drug-likeness (QED) is 0.782. The summed E-state index contributed by atoms with van der Waals surface area (Å²) in [5, 5.41) is 11.3. The molecule has 2 rings (SSSR count). The van der Waals surface area contributed by atoms with E-state index in [2.05, 4.69) is 38.4 Å². The van der Waals surface area contributed by atoms with Gasteiger partial charge in [-0.2, -0.15) is 0 Å². The average Bonchev–Trinajstić information content (AvgIpc) is 2.90. The van der Waals surface area contributed by atoms with Crippen molar-refractivity contribution < 1.29 is 8.81 Å². The molecule has 0 unspecified atom stereocenters. The molecule has 1 heterocycles. The molecule has 0 saturated heterocycles. The van der Waals surface area contributed by atoms with E-state index < -0.39 is 0 Å². The molecular formula is C14H17BrFN3O. The molecule has 1 aromatic heterocycles. The lowest BCUT2D eigenvalue weighted by Gasteiger charge is -2.00. The van der Waals surface area contributed by atoms with Crippen molar-refractivity contribution in [3.8, 4) is 11.5 Å². The van der Waals surface area contributed by atoms with Gasteiger partial charge in [-0.25, -0.2) is 4.39 Å². The van der Waals surface area contributed by atoms with Gasteiger partial charge >= 0.3 is 0 Å². The first-order chi connectivity index (χ1) is 9.72. The van der Waals surface area contributed by atoms with E-state index in [4.69, 9.17) is 4.42 Å². The molecule has 0 radical (unpaired) electrons. The van der Waals surface area contributed by atoms with Crippen LogP contribution in [0.3, 0.4) is 0 Å². The highest BCUT2D eigenvalue weighted by molar-refractivity contribution is 9.10. The number of aromatic nitrogens is 2. The molecule has 4 nitrogen and oxygen atoms in total. The number of hydrogen-bond donors (Lipinski definition) is 1. The zero-order valence-electron chi connectivity index (χ0n) is 11.3. The van der Waals surface area contributed by atoms with E-state index in [1.807, 2.05) is 0 Å². The second-order valence-electron chi connectivity index (χ2n) is 4.46. The second-order valence-corrected chi connectivity index (χ2v) is 5.25. The van der Waals surface area contributed by atoms with Gasteiger partial charge < -0.3 is 9.73 Å². The summed E-state index contributed by atoms with van der Waals surface area (Å²) < 4.78 is 19.4. The summed E-state index contributed by atoms with van der Waals surface area (Å²) >= 11 is 3.19. The third-order valence-electron chi connectivity index (χ3n) is 2.82. The normalized spacial score (nSPS) is 10.9. The smallest absolute Gasteiger partial charge is 0.248 e. The maximum atomic E-state index is 13.4. The Labute approximate surface area is 125 Å². The topological polar surface area (TPSA) is 51.0 Å². The van der Waals surface area contributed by atoms with Crippen LogP contribution in [0.1, 0.15) is 25.7 Å². The number of nitrogens with one attached hydrogen (secondary N) is 1. The molecule has 0 fully saturated rings. The van der Waals surface area contributed by atoms with E-state index in [0.29, 0.717) is 21.8 Å². The summed E-state index contributed by atoms with van der Waals surface area (Å²) in [4.78, 5) is 0. The molecule has 20 heavy (non-hydrogen) atoms. The van der Waals surface area contributed by atoms with Crippen LogP contribution in [0.5, 0.6) is 0 Å². The lowest BCUT2D eigenvalue weighted by atomic mass is 10.2. The largest absolute Gasteiger partial charge is 0.421 e. The third kappa shape index (κ3) is 3.86. The zero-order valence-corrected chi connectivity index (χ0v) is 12.9. The molecular weight excluding hydrogens is 325 g/mol. The summed E-state index contributed by atoms with van der Waals surface area (Å²) in [7, 11) is 0. The lowest BCUT2D eigenvalue weighted by molar-refractivity contribution is 0.490. The van der Waals surface area contributed by atoms with Gasteiger partial charge in [0.15, 0.2) is 0 Å². The first kappa shape index (κ1) is 15.1. The number of halogens is 2. The van der Waals surface area contributed by atoms with Crippen molar-refractivity contribution in [2.75, 3.05) is 13.1 Å². The van der Waals surface area contributed by atoms with Crippen molar-refractivity contribution in [3.05, 3.63) is 34.4 Å². The Morgan fingerprint density at radius 2 is 2.15 bits per heavy atom. The Kier molecular flexibility index (Phi) is 5.67. The number of aryl methyl sites for hydroxylation is 1. The number of rotatable bonds is 7. The van der Waals surface area contributed by atoms with Crippen molar-refractivity contribution >= 4 is 15.9 Å². The summed E-state index contributed by atoms with van der Waals surface area (Å²) in [5.74, 6) is 0.577. The van der Waals surface area contributed by atoms with Gasteiger partial charge in [0.2, 0.25) is 11.8 Å². The zero-order chi connectivity index (χ0) is 14.4. The Bertz CT molecular complexity index is 559. The van der Waals surface area contributed by atoms with Crippen LogP contribution in [0.2, 0.25) is 0 Å². The Morgan fingerprint density at radius 1 is 1.30 bits per heavy atom. The van der Waals surface area contributed by atoms with Gasteiger partial charge in [0.05, 0.1) is 10.0 Å². The lowest BCUT2D eigenvalue weighted by Crippen LogP contribution is -2.16. The molecule has 0 saturated carbocycles. The van der Waals surface area contributed by atoms with Crippen molar-refractivity contribution in [1.29, 1.82) is 0 Å². The van der Waals surface area contributed by atoms with Crippen LogP contribution in [0.15, 0.2) is 27.1 Å². The van der Waals surface area contributed by atoms with Gasteiger partial charge in [-0.15, -0.1) is 10.2 Å². The predicted molar refractivity (Wildman–Crippen MR) is 78.9 cm³/mol. The molecule has 1 aromatic carbocycles. The number of benzene rings is 1. The summed E-state index contributed by atoms with van der Waals surface area (Å²) in [6.45, 7) is 4.08. The van der Waals surface area contributed by atoms with Gasteiger partial charge in [0.25, 0.3) is 0 Å². The van der Waals surface area contributed by atoms with Gasteiger partial charge in [-0.3, -0.25) is 0 Å². The van der Waals surface area contributed by atoms with E-state index in [1.165, 1.54) is 6.07 Å². The Morgan fingerprint density at radius 3 is 2.95 bits per heavy atom. The molecule has 2 aromatic rings. The van der Waals surface area contributed by atoms with Gasteiger partial charge in [-0.1, -0.05) is 13.0 Å². The predicted octanol–water partition coefficient (Wildman–Crippen LogP) is 3.57. The van der Waals surface area contributed by atoms with Crippen LogP contribution in [0, 0.1) is 5.82 Å². The van der Waals surface area contributed by atoms with Crippen LogP contribution in [-0.4, -0.2) is 23.3 Å². The summed E-state index contributed by atoms with van der Waals surface area (Å²) in [6, 6.07) is 4.74.